The molecule has 1 aromatic carbocycles. The molecule has 1 aliphatic heterocycles. The van der Waals surface area contributed by atoms with E-state index in [1.807, 2.05) is 6.08 Å². The van der Waals surface area contributed by atoms with E-state index in [0.29, 0.717) is 6.42 Å². The molecule has 1 N–H and O–H groups in total. The van der Waals surface area contributed by atoms with Crippen LogP contribution in [0.1, 0.15) is 23.7 Å². The Hall–Kier alpha value is -1.44. The van der Waals surface area contributed by atoms with Gasteiger partial charge in [-0.3, -0.25) is 0 Å². The largest absolute Gasteiger partial charge is 0.478 e. The summed E-state index contributed by atoms with van der Waals surface area (Å²) in [5.41, 5.74) is 0.317. The Bertz CT molecular complexity index is 730. The number of rotatable bonds is 3. The Morgan fingerprint density at radius 1 is 1.43 bits per heavy atom. The molecule has 0 bridgehead atoms. The maximum atomic E-state index is 13.7. The Morgan fingerprint density at radius 2 is 2.10 bits per heavy atom. The molecule has 8 heteroatoms. The van der Waals surface area contributed by atoms with E-state index < -0.39 is 37.3 Å². The van der Waals surface area contributed by atoms with Crippen molar-refractivity contribution in [2.45, 2.75) is 18.2 Å². The van der Waals surface area contributed by atoms with E-state index in [0.717, 1.165) is 17.7 Å². The summed E-state index contributed by atoms with van der Waals surface area (Å²) < 4.78 is 39.8. The van der Waals surface area contributed by atoms with E-state index in [1.165, 1.54) is 4.31 Å². The van der Waals surface area contributed by atoms with Crippen molar-refractivity contribution in [1.82, 2.24) is 4.31 Å². The monoisotopic (exact) mass is 333 g/mol. The number of carbonyl (C=O) groups is 1. The fourth-order valence-electron chi connectivity index (χ4n) is 2.10. The van der Waals surface area contributed by atoms with Crippen LogP contribution in [0.15, 0.2) is 28.7 Å². The molecule has 1 aliphatic rings. The van der Waals surface area contributed by atoms with Gasteiger partial charge in [0.1, 0.15) is 5.82 Å². The van der Waals surface area contributed by atoms with E-state index in [9.17, 15) is 17.6 Å². The minimum absolute atomic E-state index is 0.203. The first-order chi connectivity index (χ1) is 9.73. The molecule has 114 valence electrons. The zero-order valence-corrected chi connectivity index (χ0v) is 12.7. The van der Waals surface area contributed by atoms with Crippen molar-refractivity contribution >= 4 is 27.6 Å². The Labute approximate surface area is 126 Å². The third-order valence-electron chi connectivity index (χ3n) is 3.17. The molecule has 0 unspecified atom stereocenters. The number of carboxylic acids is 1. The van der Waals surface area contributed by atoms with Crippen molar-refractivity contribution in [2.24, 2.45) is 0 Å². The molecule has 0 saturated carbocycles. The van der Waals surface area contributed by atoms with Crippen LogP contribution in [0.25, 0.3) is 0 Å². The normalized spacial score (nSPS) is 16.6. The Morgan fingerprint density at radius 3 is 2.67 bits per heavy atom. The smallest absolute Gasteiger partial charge is 0.337 e. The van der Waals surface area contributed by atoms with Gasteiger partial charge in [-0.25, -0.2) is 17.6 Å². The number of sulfonamides is 1. The van der Waals surface area contributed by atoms with E-state index in [-0.39, 0.29) is 13.1 Å². The van der Waals surface area contributed by atoms with Crippen molar-refractivity contribution in [3.05, 3.63) is 40.2 Å². The minimum Gasteiger partial charge on any atom is -0.478 e. The average Bonchev–Trinajstić information content (AvgIpc) is 2.41. The second-order valence-corrected chi connectivity index (χ2v) is 7.07. The van der Waals surface area contributed by atoms with Gasteiger partial charge in [-0.15, -0.1) is 0 Å². The summed E-state index contributed by atoms with van der Waals surface area (Å²) >= 11 is 5.55. The Balaban J connectivity index is 2.50. The summed E-state index contributed by atoms with van der Waals surface area (Å²) in [7, 11) is -3.96. The summed E-state index contributed by atoms with van der Waals surface area (Å²) in [5, 5.41) is 8.36. The average molecular weight is 334 g/mol. The van der Waals surface area contributed by atoms with E-state index in [2.05, 4.69) is 0 Å². The lowest BCUT2D eigenvalue weighted by molar-refractivity contribution is 0.0696. The van der Waals surface area contributed by atoms with E-state index in [4.69, 9.17) is 16.7 Å². The molecule has 0 radical (unpaired) electrons. The molecule has 21 heavy (non-hydrogen) atoms. The molecule has 0 aliphatic carbocycles. The fourth-order valence-corrected chi connectivity index (χ4v) is 3.83. The second-order valence-electron chi connectivity index (χ2n) is 4.75. The van der Waals surface area contributed by atoms with Crippen molar-refractivity contribution < 1.29 is 22.7 Å². The predicted molar refractivity (Wildman–Crippen MR) is 75.5 cm³/mol. The predicted octanol–water partition coefficient (Wildman–Crippen LogP) is 2.52. The third-order valence-corrected chi connectivity index (χ3v) is 5.37. The van der Waals surface area contributed by atoms with Gasteiger partial charge in [-0.1, -0.05) is 23.3 Å². The van der Waals surface area contributed by atoms with Crippen LogP contribution in [0.5, 0.6) is 0 Å². The van der Waals surface area contributed by atoms with E-state index in [1.54, 1.807) is 6.92 Å². The van der Waals surface area contributed by atoms with Crippen LogP contribution in [0, 0.1) is 5.82 Å². The third kappa shape index (κ3) is 3.09. The van der Waals surface area contributed by atoms with Crippen molar-refractivity contribution in [3.63, 3.8) is 0 Å². The van der Waals surface area contributed by atoms with Gasteiger partial charge in [-0.2, -0.15) is 4.31 Å². The standard InChI is InChI=1S/C13H13ClFNO4S/c1-8-3-2-4-16(7-8)21(19,20)9-5-10(13(17)18)12(14)11(15)6-9/h3,5-6H,2,4,7H2,1H3,(H,17,18). The molecule has 5 nitrogen and oxygen atoms in total. The Kier molecular flexibility index (Phi) is 4.36. The van der Waals surface area contributed by atoms with Crippen LogP contribution in [-0.4, -0.2) is 36.9 Å². The number of hydrogen-bond acceptors (Lipinski definition) is 3. The van der Waals surface area contributed by atoms with Gasteiger partial charge in [0.2, 0.25) is 10.0 Å². The molecule has 0 aromatic heterocycles. The number of halogens is 2. The first-order valence-electron chi connectivity index (χ1n) is 6.11. The molecule has 0 spiro atoms. The van der Waals surface area contributed by atoms with Gasteiger partial charge in [0.05, 0.1) is 15.5 Å². The highest BCUT2D eigenvalue weighted by Gasteiger charge is 2.28. The zero-order chi connectivity index (χ0) is 15.8. The molecular weight excluding hydrogens is 321 g/mol. The lowest BCUT2D eigenvalue weighted by atomic mass is 10.2. The van der Waals surface area contributed by atoms with Crippen LogP contribution in [0.3, 0.4) is 0 Å². The lowest BCUT2D eigenvalue weighted by Gasteiger charge is -2.25. The lowest BCUT2D eigenvalue weighted by Crippen LogP contribution is -2.35. The molecular formula is C13H13ClFNO4S. The second kappa shape index (κ2) is 5.75. The first-order valence-corrected chi connectivity index (χ1v) is 7.93. The number of aromatic carboxylic acids is 1. The summed E-state index contributed by atoms with van der Waals surface area (Å²) in [4.78, 5) is 10.6. The summed E-state index contributed by atoms with van der Waals surface area (Å²) in [6.45, 7) is 2.27. The number of carboxylic acid groups (broad SMARTS) is 1. The van der Waals surface area contributed by atoms with Crippen LogP contribution in [0.4, 0.5) is 4.39 Å². The fraction of sp³-hybridized carbons (Fsp3) is 0.308. The van der Waals surface area contributed by atoms with Crippen LogP contribution in [-0.2, 0) is 10.0 Å². The van der Waals surface area contributed by atoms with Crippen molar-refractivity contribution in [2.75, 3.05) is 13.1 Å². The molecule has 0 atom stereocenters. The van der Waals surface area contributed by atoms with Gasteiger partial charge >= 0.3 is 5.97 Å². The SMILES string of the molecule is CC1=CCCN(S(=O)(=O)c2cc(F)c(Cl)c(C(=O)O)c2)C1. The van der Waals surface area contributed by atoms with Gasteiger partial charge in [-0.05, 0) is 25.5 Å². The van der Waals surface area contributed by atoms with Crippen molar-refractivity contribution in [3.8, 4) is 0 Å². The van der Waals surface area contributed by atoms with Crippen LogP contribution >= 0.6 is 11.6 Å². The van der Waals surface area contributed by atoms with Crippen molar-refractivity contribution in [1.29, 1.82) is 0 Å². The summed E-state index contributed by atoms with van der Waals surface area (Å²) in [5.74, 6) is -2.55. The highest BCUT2D eigenvalue weighted by atomic mass is 35.5. The molecule has 1 heterocycles. The zero-order valence-electron chi connectivity index (χ0n) is 11.1. The maximum absolute atomic E-state index is 13.7. The van der Waals surface area contributed by atoms with Crippen LogP contribution < -0.4 is 0 Å². The van der Waals surface area contributed by atoms with Gasteiger partial charge in [0.15, 0.2) is 0 Å². The van der Waals surface area contributed by atoms with E-state index >= 15 is 0 Å². The molecule has 1 aromatic rings. The maximum Gasteiger partial charge on any atom is 0.337 e. The molecule has 0 fully saturated rings. The minimum atomic E-state index is -3.96. The first kappa shape index (κ1) is 15.9. The van der Waals surface area contributed by atoms with Gasteiger partial charge in [0, 0.05) is 13.1 Å². The number of benzene rings is 1. The number of hydrogen-bond donors (Lipinski definition) is 1. The summed E-state index contributed by atoms with van der Waals surface area (Å²) in [6.07, 6.45) is 2.49. The van der Waals surface area contributed by atoms with Gasteiger partial charge in [0.25, 0.3) is 0 Å². The molecule has 0 saturated heterocycles. The topological polar surface area (TPSA) is 74.7 Å². The highest BCUT2D eigenvalue weighted by molar-refractivity contribution is 7.89. The number of nitrogens with zero attached hydrogens (tertiary/aromatic N) is 1. The molecule has 0 amide bonds. The van der Waals surface area contributed by atoms with Crippen LogP contribution in [0.2, 0.25) is 5.02 Å². The van der Waals surface area contributed by atoms with Gasteiger partial charge < -0.3 is 5.11 Å². The molecule has 2 rings (SSSR count). The summed E-state index contributed by atoms with van der Waals surface area (Å²) in [6, 6.07) is 1.63. The quantitative estimate of drug-likeness (QED) is 0.862. The highest BCUT2D eigenvalue weighted by Crippen LogP contribution is 2.27.